The van der Waals surface area contributed by atoms with Gasteiger partial charge in [-0.05, 0) is 31.5 Å². The number of benzene rings is 1. The van der Waals surface area contributed by atoms with Gasteiger partial charge in [-0.25, -0.2) is 8.78 Å². The maximum atomic E-state index is 13.8. The van der Waals surface area contributed by atoms with Gasteiger partial charge in [0.2, 0.25) is 0 Å². The highest BCUT2D eigenvalue weighted by molar-refractivity contribution is 5.74. The highest BCUT2D eigenvalue weighted by atomic mass is 19.3. The first-order chi connectivity index (χ1) is 10.6. The molecule has 1 aromatic carbocycles. The van der Waals surface area contributed by atoms with Crippen LogP contribution in [0.15, 0.2) is 30.6 Å². The monoisotopic (exact) mass is 306 g/mol. The van der Waals surface area contributed by atoms with Gasteiger partial charge in [-0.3, -0.25) is 14.9 Å². The van der Waals surface area contributed by atoms with Crippen LogP contribution in [0.3, 0.4) is 0 Å². The molecule has 2 aromatic rings. The second-order valence-electron chi connectivity index (χ2n) is 5.94. The van der Waals surface area contributed by atoms with Crippen LogP contribution in [0.2, 0.25) is 0 Å². The Morgan fingerprint density at radius 3 is 2.64 bits per heavy atom. The van der Waals surface area contributed by atoms with E-state index in [-0.39, 0.29) is 12.1 Å². The molecule has 0 bridgehead atoms. The van der Waals surface area contributed by atoms with Crippen molar-refractivity contribution in [3.63, 3.8) is 0 Å². The summed E-state index contributed by atoms with van der Waals surface area (Å²) >= 11 is 0. The van der Waals surface area contributed by atoms with Crippen molar-refractivity contribution in [2.45, 2.75) is 38.4 Å². The van der Waals surface area contributed by atoms with Gasteiger partial charge in [0.15, 0.2) is 0 Å². The number of aromatic nitrogens is 2. The molecule has 6 heteroatoms. The van der Waals surface area contributed by atoms with Crippen molar-refractivity contribution in [3.05, 3.63) is 36.2 Å². The van der Waals surface area contributed by atoms with E-state index < -0.39 is 12.5 Å². The van der Waals surface area contributed by atoms with E-state index >= 15 is 0 Å². The molecule has 118 valence electrons. The minimum absolute atomic E-state index is 0.0627. The topological polar surface area (TPSA) is 41.0 Å². The SMILES string of the molecule is C[C@@H]1CN[C@@H](C)CN1C(c1ccc2nccnc2c1)C(F)F. The van der Waals surface area contributed by atoms with E-state index in [1.165, 1.54) is 0 Å². The fraction of sp³-hybridized carbons (Fsp3) is 0.500. The zero-order valence-electron chi connectivity index (χ0n) is 12.7. The van der Waals surface area contributed by atoms with Crippen LogP contribution in [0.1, 0.15) is 25.5 Å². The number of rotatable bonds is 3. The van der Waals surface area contributed by atoms with Gasteiger partial charge >= 0.3 is 0 Å². The number of hydrogen-bond acceptors (Lipinski definition) is 4. The average molecular weight is 306 g/mol. The van der Waals surface area contributed by atoms with Gasteiger partial charge in [-0.2, -0.15) is 0 Å². The van der Waals surface area contributed by atoms with Crippen LogP contribution in [-0.2, 0) is 0 Å². The molecule has 1 aliphatic heterocycles. The van der Waals surface area contributed by atoms with Gasteiger partial charge in [0.05, 0.1) is 17.1 Å². The normalized spacial score (nSPS) is 24.8. The minimum Gasteiger partial charge on any atom is -0.311 e. The third-order valence-electron chi connectivity index (χ3n) is 4.24. The first kappa shape index (κ1) is 15.2. The number of fused-ring (bicyclic) bond motifs is 1. The standard InChI is InChI=1S/C16H20F2N4/c1-10-9-22(11(2)8-21-10)15(16(17)18)12-3-4-13-14(7-12)20-6-5-19-13/h3-7,10-11,15-16,21H,8-9H2,1-2H3/t10-,11+,15?/m0/s1. The van der Waals surface area contributed by atoms with Gasteiger partial charge in [0.25, 0.3) is 6.43 Å². The van der Waals surface area contributed by atoms with E-state index in [0.29, 0.717) is 17.6 Å². The van der Waals surface area contributed by atoms with E-state index in [9.17, 15) is 8.78 Å². The van der Waals surface area contributed by atoms with Crippen molar-refractivity contribution < 1.29 is 8.78 Å². The van der Waals surface area contributed by atoms with Crippen LogP contribution in [0.4, 0.5) is 8.78 Å². The van der Waals surface area contributed by atoms with Crippen molar-refractivity contribution >= 4 is 11.0 Å². The van der Waals surface area contributed by atoms with Crippen LogP contribution in [-0.4, -0.2) is 46.5 Å². The zero-order valence-corrected chi connectivity index (χ0v) is 12.7. The molecule has 0 radical (unpaired) electrons. The number of piperazine rings is 1. The van der Waals surface area contributed by atoms with Crippen molar-refractivity contribution in [2.24, 2.45) is 0 Å². The largest absolute Gasteiger partial charge is 0.311 e. The second-order valence-corrected chi connectivity index (χ2v) is 5.94. The van der Waals surface area contributed by atoms with Gasteiger partial charge in [0, 0.05) is 37.6 Å². The molecule has 2 heterocycles. The zero-order chi connectivity index (χ0) is 15.7. The Kier molecular flexibility index (Phi) is 4.31. The summed E-state index contributed by atoms with van der Waals surface area (Å²) in [4.78, 5) is 10.3. The van der Waals surface area contributed by atoms with Gasteiger partial charge < -0.3 is 5.32 Å². The van der Waals surface area contributed by atoms with Gasteiger partial charge in [0.1, 0.15) is 0 Å². The lowest BCUT2D eigenvalue weighted by Crippen LogP contribution is -2.56. The first-order valence-electron chi connectivity index (χ1n) is 7.54. The molecular weight excluding hydrogens is 286 g/mol. The van der Waals surface area contributed by atoms with Crippen LogP contribution in [0.25, 0.3) is 11.0 Å². The molecule has 0 saturated carbocycles. The number of hydrogen-bond donors (Lipinski definition) is 1. The highest BCUT2D eigenvalue weighted by Gasteiger charge is 2.35. The number of halogens is 2. The third-order valence-corrected chi connectivity index (χ3v) is 4.24. The van der Waals surface area contributed by atoms with Crippen LogP contribution < -0.4 is 5.32 Å². The molecular formula is C16H20F2N4. The van der Waals surface area contributed by atoms with Crippen LogP contribution in [0.5, 0.6) is 0 Å². The fourth-order valence-electron chi connectivity index (χ4n) is 3.08. The maximum Gasteiger partial charge on any atom is 0.258 e. The Balaban J connectivity index is 1.98. The maximum absolute atomic E-state index is 13.8. The van der Waals surface area contributed by atoms with Crippen molar-refractivity contribution in [3.8, 4) is 0 Å². The van der Waals surface area contributed by atoms with E-state index in [1.807, 2.05) is 18.7 Å². The molecule has 0 spiro atoms. The van der Waals surface area contributed by atoms with E-state index in [0.717, 1.165) is 12.1 Å². The minimum atomic E-state index is -2.44. The number of nitrogens with one attached hydrogen (secondary N) is 1. The molecule has 3 rings (SSSR count). The molecule has 1 fully saturated rings. The second kappa shape index (κ2) is 6.22. The lowest BCUT2D eigenvalue weighted by Gasteiger charge is -2.42. The molecule has 1 aromatic heterocycles. The van der Waals surface area contributed by atoms with Crippen molar-refractivity contribution in [2.75, 3.05) is 13.1 Å². The molecule has 1 N–H and O–H groups in total. The Bertz CT molecular complexity index is 649. The predicted octanol–water partition coefficient (Wildman–Crippen LogP) is 2.62. The molecule has 4 nitrogen and oxygen atoms in total. The highest BCUT2D eigenvalue weighted by Crippen LogP contribution is 2.31. The van der Waals surface area contributed by atoms with Gasteiger partial charge in [-0.1, -0.05) is 6.07 Å². The summed E-state index contributed by atoms with van der Waals surface area (Å²) in [6, 6.07) is 4.60. The average Bonchev–Trinajstić information content (AvgIpc) is 2.50. The molecule has 1 aliphatic rings. The predicted molar refractivity (Wildman–Crippen MR) is 81.9 cm³/mol. The molecule has 3 atom stereocenters. The molecule has 1 saturated heterocycles. The smallest absolute Gasteiger partial charge is 0.258 e. The summed E-state index contributed by atoms with van der Waals surface area (Å²) < 4.78 is 27.5. The summed E-state index contributed by atoms with van der Waals surface area (Å²) in [5, 5.41) is 3.33. The van der Waals surface area contributed by atoms with E-state index in [1.54, 1.807) is 30.6 Å². The Hall–Kier alpha value is -1.66. The lowest BCUT2D eigenvalue weighted by molar-refractivity contribution is -0.0111. The lowest BCUT2D eigenvalue weighted by atomic mass is 10.0. The van der Waals surface area contributed by atoms with Crippen LogP contribution >= 0.6 is 0 Å². The summed E-state index contributed by atoms with van der Waals surface area (Å²) in [6.07, 6.45) is 0.743. The van der Waals surface area contributed by atoms with Gasteiger partial charge in [-0.15, -0.1) is 0 Å². The molecule has 0 aliphatic carbocycles. The third kappa shape index (κ3) is 2.94. The summed E-state index contributed by atoms with van der Waals surface area (Å²) in [6.45, 7) is 5.33. The fourth-order valence-corrected chi connectivity index (χ4v) is 3.08. The summed E-state index contributed by atoms with van der Waals surface area (Å²) in [7, 11) is 0. The Morgan fingerprint density at radius 2 is 1.91 bits per heavy atom. The number of nitrogens with zero attached hydrogens (tertiary/aromatic N) is 3. The number of alkyl halides is 2. The molecule has 22 heavy (non-hydrogen) atoms. The molecule has 1 unspecified atom stereocenters. The van der Waals surface area contributed by atoms with Crippen molar-refractivity contribution in [1.29, 1.82) is 0 Å². The Labute approximate surface area is 128 Å². The quantitative estimate of drug-likeness (QED) is 0.946. The van der Waals surface area contributed by atoms with Crippen LogP contribution in [0, 0.1) is 0 Å². The van der Waals surface area contributed by atoms with Crippen molar-refractivity contribution in [1.82, 2.24) is 20.2 Å². The van der Waals surface area contributed by atoms with E-state index in [4.69, 9.17) is 0 Å². The summed E-state index contributed by atoms with van der Waals surface area (Å²) in [5.74, 6) is 0. The first-order valence-corrected chi connectivity index (χ1v) is 7.54. The van der Waals surface area contributed by atoms with E-state index in [2.05, 4.69) is 15.3 Å². The summed E-state index contributed by atoms with van der Waals surface area (Å²) in [5.41, 5.74) is 1.98. The molecule has 0 amide bonds. The Morgan fingerprint density at radius 1 is 1.18 bits per heavy atom.